The maximum absolute atomic E-state index is 13.4. The second-order valence-electron chi connectivity index (χ2n) is 8.98. The van der Waals surface area contributed by atoms with Crippen LogP contribution >= 0.6 is 0 Å². The molecule has 1 aromatic rings. The van der Waals surface area contributed by atoms with E-state index in [0.717, 1.165) is 5.56 Å². The number of hydrogen-bond acceptors (Lipinski definition) is 5. The van der Waals surface area contributed by atoms with Gasteiger partial charge < -0.3 is 13.9 Å². The summed E-state index contributed by atoms with van der Waals surface area (Å²) >= 11 is 0. The monoisotopic (exact) mass is 441 g/mol. The second-order valence-corrected chi connectivity index (χ2v) is 15.7. The highest BCUT2D eigenvalue weighted by Gasteiger charge is 2.39. The predicted octanol–water partition coefficient (Wildman–Crippen LogP) is 3.94. The minimum absolute atomic E-state index is 0.0357. The molecule has 8 heteroatoms. The summed E-state index contributed by atoms with van der Waals surface area (Å²) in [5.74, 6) is 0.637. The Morgan fingerprint density at radius 2 is 1.83 bits per heavy atom. The minimum Gasteiger partial charge on any atom is -0.494 e. The van der Waals surface area contributed by atoms with Crippen molar-refractivity contribution in [1.29, 1.82) is 0 Å². The first-order valence-electron chi connectivity index (χ1n) is 9.93. The Morgan fingerprint density at radius 1 is 1.21 bits per heavy atom. The molecule has 0 saturated heterocycles. The van der Waals surface area contributed by atoms with Gasteiger partial charge in [-0.15, -0.1) is 0 Å². The van der Waals surface area contributed by atoms with Crippen LogP contribution in [0.25, 0.3) is 0 Å². The zero-order chi connectivity index (χ0) is 21.9. The van der Waals surface area contributed by atoms with E-state index in [1.54, 1.807) is 19.2 Å². The van der Waals surface area contributed by atoms with E-state index in [4.69, 9.17) is 13.9 Å². The standard InChI is InChI=1S/C21H35NO5SSi/c1-17-8-10-20(11-9-17)28(23,24)22-12-13-26-19(16-25-5)14-18(22)15-27-29(6,7)21(2,3)4/h8-11,14,18H,12-13,15-16H2,1-7H3/t18-/m1/s1. The van der Waals surface area contributed by atoms with Gasteiger partial charge in [-0.3, -0.25) is 0 Å². The van der Waals surface area contributed by atoms with Crippen molar-refractivity contribution in [1.82, 2.24) is 4.31 Å². The highest BCUT2D eigenvalue weighted by atomic mass is 32.2. The number of rotatable bonds is 7. The fraction of sp³-hybridized carbons (Fsp3) is 0.619. The van der Waals surface area contributed by atoms with E-state index < -0.39 is 24.4 Å². The van der Waals surface area contributed by atoms with Crippen LogP contribution in [0.2, 0.25) is 18.1 Å². The number of nitrogens with zero attached hydrogens (tertiary/aromatic N) is 1. The Morgan fingerprint density at radius 3 is 2.38 bits per heavy atom. The van der Waals surface area contributed by atoms with Crippen LogP contribution in [-0.4, -0.2) is 60.6 Å². The second kappa shape index (κ2) is 9.30. The summed E-state index contributed by atoms with van der Waals surface area (Å²) in [5.41, 5.74) is 1.02. The summed E-state index contributed by atoms with van der Waals surface area (Å²) in [7, 11) is -4.14. The van der Waals surface area contributed by atoms with Crippen molar-refractivity contribution in [3.63, 3.8) is 0 Å². The zero-order valence-electron chi connectivity index (χ0n) is 18.7. The lowest BCUT2D eigenvalue weighted by Crippen LogP contribution is -2.47. The molecule has 0 saturated carbocycles. The molecule has 0 spiro atoms. The minimum atomic E-state index is -3.69. The number of sulfonamides is 1. The molecule has 0 aliphatic carbocycles. The van der Waals surface area contributed by atoms with Crippen LogP contribution in [-0.2, 0) is 23.9 Å². The lowest BCUT2D eigenvalue weighted by Gasteiger charge is -2.38. The zero-order valence-corrected chi connectivity index (χ0v) is 20.5. The normalized spacial score (nSPS) is 19.4. The Balaban J connectivity index is 2.37. The van der Waals surface area contributed by atoms with Crippen LogP contribution < -0.4 is 0 Å². The molecule has 2 rings (SSSR count). The summed E-state index contributed by atoms with van der Waals surface area (Å²) in [5, 5.41) is 0.0357. The van der Waals surface area contributed by atoms with E-state index in [9.17, 15) is 8.42 Å². The first-order chi connectivity index (χ1) is 13.4. The molecule has 1 aromatic carbocycles. The molecule has 29 heavy (non-hydrogen) atoms. The van der Waals surface area contributed by atoms with Gasteiger partial charge in [0.15, 0.2) is 8.32 Å². The van der Waals surface area contributed by atoms with Gasteiger partial charge >= 0.3 is 0 Å². The van der Waals surface area contributed by atoms with Crippen LogP contribution in [0, 0.1) is 6.92 Å². The van der Waals surface area contributed by atoms with Crippen molar-refractivity contribution in [2.75, 3.05) is 33.5 Å². The number of methoxy groups -OCH3 is 1. The molecule has 0 aromatic heterocycles. The van der Waals surface area contributed by atoms with Gasteiger partial charge in [-0.05, 0) is 43.3 Å². The van der Waals surface area contributed by atoms with Crippen molar-refractivity contribution >= 4 is 18.3 Å². The third kappa shape index (κ3) is 5.92. The molecule has 164 valence electrons. The lowest BCUT2D eigenvalue weighted by molar-refractivity contribution is 0.130. The highest BCUT2D eigenvalue weighted by Crippen LogP contribution is 2.37. The van der Waals surface area contributed by atoms with Gasteiger partial charge in [-0.2, -0.15) is 4.31 Å². The van der Waals surface area contributed by atoms with E-state index in [1.807, 2.05) is 25.1 Å². The molecule has 1 aliphatic heterocycles. The molecule has 0 N–H and O–H groups in total. The first kappa shape index (κ1) is 24.1. The van der Waals surface area contributed by atoms with Gasteiger partial charge in [-0.25, -0.2) is 8.42 Å². The largest absolute Gasteiger partial charge is 0.494 e. The Labute approximate surface area is 177 Å². The van der Waals surface area contributed by atoms with Gasteiger partial charge in [0.05, 0.1) is 17.5 Å². The van der Waals surface area contributed by atoms with Crippen LogP contribution in [0.3, 0.4) is 0 Å². The summed E-state index contributed by atoms with van der Waals surface area (Å²) in [6.07, 6.45) is 1.83. The third-order valence-corrected chi connectivity index (χ3v) is 12.1. The SMILES string of the molecule is COCC1=C[C@H](CO[Si](C)(C)C(C)(C)C)N(S(=O)(=O)c2ccc(C)cc2)CCO1. The molecule has 0 fully saturated rings. The summed E-state index contributed by atoms with van der Waals surface area (Å²) in [4.78, 5) is 0.281. The van der Waals surface area contributed by atoms with Gasteiger partial charge in [0.25, 0.3) is 0 Å². The Bertz CT molecular complexity index is 812. The molecule has 0 amide bonds. The molecule has 6 nitrogen and oxygen atoms in total. The third-order valence-electron chi connectivity index (χ3n) is 5.68. The predicted molar refractivity (Wildman–Crippen MR) is 118 cm³/mol. The molecule has 1 heterocycles. The van der Waals surface area contributed by atoms with Crippen LogP contribution in [0.15, 0.2) is 41.0 Å². The van der Waals surface area contributed by atoms with Crippen LogP contribution in [0.5, 0.6) is 0 Å². The van der Waals surface area contributed by atoms with E-state index in [2.05, 4.69) is 33.9 Å². The molecule has 0 unspecified atom stereocenters. The van der Waals surface area contributed by atoms with Gasteiger partial charge in [0.1, 0.15) is 19.0 Å². The first-order valence-corrected chi connectivity index (χ1v) is 14.3. The maximum Gasteiger partial charge on any atom is 0.243 e. The van der Waals surface area contributed by atoms with E-state index >= 15 is 0 Å². The smallest absolute Gasteiger partial charge is 0.243 e. The van der Waals surface area contributed by atoms with E-state index in [0.29, 0.717) is 12.4 Å². The molecular weight excluding hydrogens is 406 g/mol. The average Bonchev–Trinajstić information content (AvgIpc) is 2.82. The number of aryl methyl sites for hydroxylation is 1. The van der Waals surface area contributed by atoms with Crippen molar-refractivity contribution in [2.24, 2.45) is 0 Å². The Hall–Kier alpha value is -1.19. The molecule has 1 atom stereocenters. The van der Waals surface area contributed by atoms with Crippen LogP contribution in [0.1, 0.15) is 26.3 Å². The molecule has 0 radical (unpaired) electrons. The van der Waals surface area contributed by atoms with Gasteiger partial charge in [-0.1, -0.05) is 38.5 Å². The summed E-state index contributed by atoms with van der Waals surface area (Å²) < 4.78 is 45.7. The van der Waals surface area contributed by atoms with E-state index in [1.165, 1.54) is 4.31 Å². The number of ether oxygens (including phenoxy) is 2. The fourth-order valence-corrected chi connectivity index (χ4v) is 5.36. The maximum atomic E-state index is 13.4. The topological polar surface area (TPSA) is 65.1 Å². The average molecular weight is 442 g/mol. The molecule has 1 aliphatic rings. The van der Waals surface area contributed by atoms with E-state index in [-0.39, 0.29) is 29.7 Å². The quantitative estimate of drug-likeness (QED) is 0.600. The lowest BCUT2D eigenvalue weighted by atomic mass is 10.2. The number of hydrogen-bond donors (Lipinski definition) is 0. The van der Waals surface area contributed by atoms with Gasteiger partial charge in [0, 0.05) is 13.7 Å². The fourth-order valence-electron chi connectivity index (χ4n) is 2.80. The molecule has 0 bridgehead atoms. The van der Waals surface area contributed by atoms with Crippen LogP contribution in [0.4, 0.5) is 0 Å². The highest BCUT2D eigenvalue weighted by molar-refractivity contribution is 7.89. The molecular formula is C21H35NO5SSi. The van der Waals surface area contributed by atoms with Crippen molar-refractivity contribution < 1.29 is 22.3 Å². The van der Waals surface area contributed by atoms with Crippen molar-refractivity contribution in [3.8, 4) is 0 Å². The summed E-state index contributed by atoms with van der Waals surface area (Å²) in [6.45, 7) is 13.9. The Kier molecular flexibility index (Phi) is 7.72. The summed E-state index contributed by atoms with van der Waals surface area (Å²) in [6, 6.07) is 6.48. The van der Waals surface area contributed by atoms with Crippen molar-refractivity contribution in [3.05, 3.63) is 41.7 Å². The van der Waals surface area contributed by atoms with Crippen molar-refractivity contribution in [2.45, 2.75) is 56.8 Å². The van der Waals surface area contributed by atoms with Gasteiger partial charge in [0.2, 0.25) is 10.0 Å². The number of benzene rings is 1.